The Labute approximate surface area is 166 Å². The lowest BCUT2D eigenvalue weighted by molar-refractivity contribution is 0.0963. The zero-order chi connectivity index (χ0) is 20.6. The van der Waals surface area contributed by atoms with Crippen LogP contribution in [0.3, 0.4) is 0 Å². The Kier molecular flexibility index (Phi) is 4.81. The second-order valence-corrected chi connectivity index (χ2v) is 7.43. The number of alkyl halides is 1. The lowest BCUT2D eigenvalue weighted by Gasteiger charge is -2.43. The monoisotopic (exact) mass is 397 g/mol. The first kappa shape index (κ1) is 19.1. The third-order valence-electron chi connectivity index (χ3n) is 5.29. The molecule has 0 unspecified atom stereocenters. The molecule has 4 rings (SSSR count). The quantitative estimate of drug-likeness (QED) is 0.682. The summed E-state index contributed by atoms with van der Waals surface area (Å²) in [6, 6.07) is 2.87. The summed E-state index contributed by atoms with van der Waals surface area (Å²) in [7, 11) is 0. The summed E-state index contributed by atoms with van der Waals surface area (Å²) in [6.45, 7) is 4.02. The average molecular weight is 397 g/mol. The van der Waals surface area contributed by atoms with Gasteiger partial charge in [-0.2, -0.15) is 0 Å². The van der Waals surface area contributed by atoms with Gasteiger partial charge in [-0.3, -0.25) is 4.98 Å². The fourth-order valence-electron chi connectivity index (χ4n) is 3.75. The minimum Gasteiger partial charge on any atom is -0.368 e. The summed E-state index contributed by atoms with van der Waals surface area (Å²) < 4.78 is 28.0. The Hall–Kier alpha value is -3.23. The predicted octanol–water partition coefficient (Wildman–Crippen LogP) is 3.15. The fraction of sp³-hybridized carbons (Fsp3) is 0.350. The lowest BCUT2D eigenvalue weighted by atomic mass is 9.65. The highest BCUT2D eigenvalue weighted by Gasteiger charge is 2.48. The first-order valence-corrected chi connectivity index (χ1v) is 9.30. The number of halogens is 2. The molecule has 3 N–H and O–H groups in total. The smallest absolute Gasteiger partial charge is 0.222 e. The highest BCUT2D eigenvalue weighted by atomic mass is 19.1. The fourth-order valence-corrected chi connectivity index (χ4v) is 3.75. The second-order valence-electron chi connectivity index (χ2n) is 7.43. The molecule has 0 bridgehead atoms. The van der Waals surface area contributed by atoms with Crippen molar-refractivity contribution < 1.29 is 8.78 Å². The molecule has 3 heterocycles. The summed E-state index contributed by atoms with van der Waals surface area (Å²) in [5.74, 6) is 0.131. The van der Waals surface area contributed by atoms with Gasteiger partial charge in [0, 0.05) is 36.1 Å². The Morgan fingerprint density at radius 1 is 1.17 bits per heavy atom. The van der Waals surface area contributed by atoms with Crippen molar-refractivity contribution in [2.45, 2.75) is 38.3 Å². The number of anilines is 2. The molecule has 0 spiro atoms. The molecular weight excluding hydrogens is 376 g/mol. The molecule has 9 heteroatoms. The molecule has 29 heavy (non-hydrogen) atoms. The van der Waals surface area contributed by atoms with E-state index in [0.29, 0.717) is 23.9 Å². The number of nitrogens with one attached hydrogen (secondary N) is 1. The zero-order valence-electron chi connectivity index (χ0n) is 16.2. The molecular formula is C20H21F2N7. The predicted molar refractivity (Wildman–Crippen MR) is 105 cm³/mol. The number of nitrogens with zero attached hydrogens (tertiary/aromatic N) is 5. The summed E-state index contributed by atoms with van der Waals surface area (Å²) in [5.41, 5.74) is 8.26. The number of hydrogen-bond donors (Lipinski definition) is 2. The van der Waals surface area contributed by atoms with E-state index in [-0.39, 0.29) is 24.5 Å². The normalized spacial score (nSPS) is 20.9. The number of pyridine rings is 1. The van der Waals surface area contributed by atoms with E-state index in [9.17, 15) is 8.78 Å². The second kappa shape index (κ2) is 7.31. The molecule has 1 aliphatic carbocycles. The SMILES string of the molecule is Cc1cnc(N)nc1-c1cnc(NC[C@]2(c3ncccc3F)C[C@H](F)C2)nc1C. The van der Waals surface area contributed by atoms with Gasteiger partial charge in [0.05, 0.1) is 17.1 Å². The Bertz CT molecular complexity index is 1050. The molecule has 0 amide bonds. The number of rotatable bonds is 5. The van der Waals surface area contributed by atoms with Crippen LogP contribution in [0, 0.1) is 19.7 Å². The molecule has 1 saturated carbocycles. The van der Waals surface area contributed by atoms with Crippen LogP contribution in [0.5, 0.6) is 0 Å². The van der Waals surface area contributed by atoms with Crippen LogP contribution in [-0.4, -0.2) is 37.6 Å². The van der Waals surface area contributed by atoms with E-state index in [1.807, 2.05) is 13.8 Å². The summed E-state index contributed by atoms with van der Waals surface area (Å²) in [4.78, 5) is 21.2. The number of aryl methyl sites for hydroxylation is 2. The van der Waals surface area contributed by atoms with E-state index >= 15 is 0 Å². The number of nitrogens with two attached hydrogens (primary N) is 1. The van der Waals surface area contributed by atoms with Gasteiger partial charge in [-0.05, 0) is 44.4 Å². The summed E-state index contributed by atoms with van der Waals surface area (Å²) in [5, 5.41) is 3.13. The molecule has 0 atom stereocenters. The third kappa shape index (κ3) is 3.59. The molecule has 0 radical (unpaired) electrons. The number of aromatic nitrogens is 5. The molecule has 7 nitrogen and oxygen atoms in total. The van der Waals surface area contributed by atoms with Crippen molar-refractivity contribution >= 4 is 11.9 Å². The van der Waals surface area contributed by atoms with Crippen LogP contribution >= 0.6 is 0 Å². The van der Waals surface area contributed by atoms with E-state index in [4.69, 9.17) is 5.73 Å². The van der Waals surface area contributed by atoms with E-state index < -0.39 is 17.4 Å². The van der Waals surface area contributed by atoms with Crippen LogP contribution < -0.4 is 11.1 Å². The molecule has 150 valence electrons. The van der Waals surface area contributed by atoms with Crippen molar-refractivity contribution in [1.29, 1.82) is 0 Å². The minimum atomic E-state index is -0.963. The maximum Gasteiger partial charge on any atom is 0.222 e. The van der Waals surface area contributed by atoms with Crippen molar-refractivity contribution in [1.82, 2.24) is 24.9 Å². The molecule has 1 aliphatic rings. The van der Waals surface area contributed by atoms with Crippen molar-refractivity contribution in [2.24, 2.45) is 0 Å². The Balaban J connectivity index is 1.56. The largest absolute Gasteiger partial charge is 0.368 e. The number of nitrogen functional groups attached to an aromatic ring is 1. The van der Waals surface area contributed by atoms with Gasteiger partial charge >= 0.3 is 0 Å². The molecule has 0 aliphatic heterocycles. The van der Waals surface area contributed by atoms with E-state index in [2.05, 4.69) is 30.2 Å². The van der Waals surface area contributed by atoms with Crippen molar-refractivity contribution in [3.63, 3.8) is 0 Å². The highest BCUT2D eigenvalue weighted by molar-refractivity contribution is 5.65. The van der Waals surface area contributed by atoms with Crippen LogP contribution in [0.25, 0.3) is 11.3 Å². The molecule has 0 aromatic carbocycles. The van der Waals surface area contributed by atoms with Gasteiger partial charge in [0.15, 0.2) is 0 Å². The molecule has 1 fully saturated rings. The number of hydrogen-bond acceptors (Lipinski definition) is 7. The van der Waals surface area contributed by atoms with Gasteiger partial charge in [-0.15, -0.1) is 0 Å². The minimum absolute atomic E-state index is 0.178. The van der Waals surface area contributed by atoms with Crippen LogP contribution in [0.15, 0.2) is 30.7 Å². The third-order valence-corrected chi connectivity index (χ3v) is 5.29. The van der Waals surface area contributed by atoms with Crippen LogP contribution in [0.2, 0.25) is 0 Å². The first-order chi connectivity index (χ1) is 13.9. The van der Waals surface area contributed by atoms with Crippen molar-refractivity contribution in [2.75, 3.05) is 17.6 Å². The maximum absolute atomic E-state index is 14.3. The van der Waals surface area contributed by atoms with Crippen LogP contribution in [0.1, 0.15) is 29.8 Å². The van der Waals surface area contributed by atoms with E-state index in [1.54, 1.807) is 12.4 Å². The van der Waals surface area contributed by atoms with Crippen molar-refractivity contribution in [3.05, 3.63) is 53.5 Å². The molecule has 3 aromatic rings. The van der Waals surface area contributed by atoms with Gasteiger partial charge in [-0.1, -0.05) is 0 Å². The lowest BCUT2D eigenvalue weighted by Crippen LogP contribution is -2.49. The van der Waals surface area contributed by atoms with Gasteiger partial charge in [0.1, 0.15) is 12.0 Å². The molecule has 0 saturated heterocycles. The van der Waals surface area contributed by atoms with Crippen LogP contribution in [0.4, 0.5) is 20.7 Å². The molecule has 3 aromatic heterocycles. The van der Waals surface area contributed by atoms with Gasteiger partial charge in [0.25, 0.3) is 0 Å². The van der Waals surface area contributed by atoms with E-state index in [1.165, 1.54) is 18.3 Å². The van der Waals surface area contributed by atoms with Gasteiger partial charge in [-0.25, -0.2) is 28.7 Å². The van der Waals surface area contributed by atoms with Gasteiger partial charge < -0.3 is 11.1 Å². The zero-order valence-corrected chi connectivity index (χ0v) is 16.2. The average Bonchev–Trinajstić information content (AvgIpc) is 2.67. The summed E-state index contributed by atoms with van der Waals surface area (Å²) in [6.07, 6.45) is 4.30. The topological polar surface area (TPSA) is 102 Å². The standard InChI is InChI=1S/C20H21F2N7/c1-11-8-25-18(23)29-16(11)14-9-26-19(28-12(14)2)27-10-20(6-13(21)7-20)17-15(22)4-3-5-24-17/h3-5,8-9,13H,6-7,10H2,1-2H3,(H2,23,25,29)(H,26,27,28)/t13-,20-. The first-order valence-electron chi connectivity index (χ1n) is 9.30. The van der Waals surface area contributed by atoms with Gasteiger partial charge in [0.2, 0.25) is 11.9 Å². The maximum atomic E-state index is 14.3. The Morgan fingerprint density at radius 3 is 2.66 bits per heavy atom. The van der Waals surface area contributed by atoms with E-state index in [0.717, 1.165) is 11.1 Å². The highest BCUT2D eigenvalue weighted by Crippen LogP contribution is 2.45. The van der Waals surface area contributed by atoms with Crippen molar-refractivity contribution in [3.8, 4) is 11.3 Å². The summed E-state index contributed by atoms with van der Waals surface area (Å²) >= 11 is 0. The van der Waals surface area contributed by atoms with Crippen LogP contribution in [-0.2, 0) is 5.41 Å². The Morgan fingerprint density at radius 2 is 1.97 bits per heavy atom.